The summed E-state index contributed by atoms with van der Waals surface area (Å²) in [6.07, 6.45) is 8.44. The van der Waals surface area contributed by atoms with Gasteiger partial charge in [-0.1, -0.05) is 0 Å². The van der Waals surface area contributed by atoms with Crippen LogP contribution in [0.4, 0.5) is 0 Å². The minimum atomic E-state index is 0.327. The van der Waals surface area contributed by atoms with Crippen LogP contribution in [0.5, 0.6) is 0 Å². The molecule has 2 aromatic heterocycles. The molecule has 1 fully saturated rings. The highest BCUT2D eigenvalue weighted by molar-refractivity contribution is 5.39. The molecule has 2 unspecified atom stereocenters. The second-order valence-electron chi connectivity index (χ2n) is 3.49. The molecular formula is C9H10N4. The van der Waals surface area contributed by atoms with E-state index in [0.717, 1.165) is 12.1 Å². The van der Waals surface area contributed by atoms with Crippen molar-refractivity contribution in [2.45, 2.75) is 18.4 Å². The molecule has 3 rings (SSSR count). The normalized spacial score (nSPS) is 26.5. The lowest BCUT2D eigenvalue weighted by Crippen LogP contribution is -2.02. The van der Waals surface area contributed by atoms with Gasteiger partial charge in [0.25, 0.3) is 0 Å². The molecule has 0 bridgehead atoms. The van der Waals surface area contributed by atoms with Crippen molar-refractivity contribution < 1.29 is 0 Å². The van der Waals surface area contributed by atoms with Gasteiger partial charge in [0, 0.05) is 36.2 Å². The zero-order valence-electron chi connectivity index (χ0n) is 7.09. The first kappa shape index (κ1) is 7.03. The molecule has 2 aromatic rings. The summed E-state index contributed by atoms with van der Waals surface area (Å²) in [6, 6.07) is 0.327. The van der Waals surface area contributed by atoms with Gasteiger partial charge >= 0.3 is 0 Å². The number of nitrogens with two attached hydrogens (primary N) is 1. The summed E-state index contributed by atoms with van der Waals surface area (Å²) in [6.45, 7) is 0. The van der Waals surface area contributed by atoms with E-state index in [1.54, 1.807) is 12.4 Å². The molecule has 66 valence electrons. The Bertz CT molecular complexity index is 448. The summed E-state index contributed by atoms with van der Waals surface area (Å²) in [4.78, 5) is 8.27. The maximum Gasteiger partial charge on any atom is 0.155 e. The van der Waals surface area contributed by atoms with Gasteiger partial charge < -0.3 is 10.1 Å². The first-order valence-corrected chi connectivity index (χ1v) is 4.39. The molecule has 2 N–H and O–H groups in total. The lowest BCUT2D eigenvalue weighted by Gasteiger charge is -1.97. The first-order chi connectivity index (χ1) is 6.36. The number of hydrogen-bond donors (Lipinski definition) is 1. The molecular weight excluding hydrogens is 164 g/mol. The SMILES string of the molecule is NC1CC1c1cnc2cnccn12. The lowest BCUT2D eigenvalue weighted by atomic mass is 10.3. The van der Waals surface area contributed by atoms with Crippen LogP contribution in [-0.4, -0.2) is 20.4 Å². The number of imidazole rings is 1. The second kappa shape index (κ2) is 2.29. The minimum absolute atomic E-state index is 0.327. The minimum Gasteiger partial charge on any atom is -0.327 e. The van der Waals surface area contributed by atoms with Crippen LogP contribution < -0.4 is 5.73 Å². The van der Waals surface area contributed by atoms with E-state index in [1.807, 2.05) is 12.4 Å². The van der Waals surface area contributed by atoms with Gasteiger partial charge in [-0.2, -0.15) is 0 Å². The predicted octanol–water partition coefficient (Wildman–Crippen LogP) is 0.544. The van der Waals surface area contributed by atoms with Crippen molar-refractivity contribution in [1.82, 2.24) is 14.4 Å². The average Bonchev–Trinajstić information content (AvgIpc) is 2.74. The average molecular weight is 174 g/mol. The van der Waals surface area contributed by atoms with Crippen molar-refractivity contribution >= 4 is 5.65 Å². The van der Waals surface area contributed by atoms with Crippen LogP contribution in [0.15, 0.2) is 24.8 Å². The fourth-order valence-corrected chi connectivity index (χ4v) is 1.69. The topological polar surface area (TPSA) is 56.2 Å². The fourth-order valence-electron chi connectivity index (χ4n) is 1.69. The van der Waals surface area contributed by atoms with Gasteiger partial charge in [0.2, 0.25) is 0 Å². The number of hydrogen-bond acceptors (Lipinski definition) is 3. The largest absolute Gasteiger partial charge is 0.327 e. The summed E-state index contributed by atoms with van der Waals surface area (Å²) in [7, 11) is 0. The summed E-state index contributed by atoms with van der Waals surface area (Å²) in [5.74, 6) is 0.498. The number of nitrogens with zero attached hydrogens (tertiary/aromatic N) is 3. The zero-order chi connectivity index (χ0) is 8.84. The molecule has 13 heavy (non-hydrogen) atoms. The molecule has 4 heteroatoms. The van der Waals surface area contributed by atoms with Gasteiger partial charge in [0.15, 0.2) is 5.65 Å². The summed E-state index contributed by atoms with van der Waals surface area (Å²) in [5, 5.41) is 0. The van der Waals surface area contributed by atoms with Gasteiger partial charge in [-0.3, -0.25) is 4.98 Å². The van der Waals surface area contributed by atoms with E-state index in [1.165, 1.54) is 5.69 Å². The molecule has 4 nitrogen and oxygen atoms in total. The van der Waals surface area contributed by atoms with Crippen molar-refractivity contribution in [2.24, 2.45) is 5.73 Å². The van der Waals surface area contributed by atoms with Gasteiger partial charge in [-0.05, 0) is 6.42 Å². The summed E-state index contributed by atoms with van der Waals surface area (Å²) < 4.78 is 2.06. The van der Waals surface area contributed by atoms with Gasteiger partial charge in [0.05, 0.1) is 6.20 Å². The molecule has 1 saturated carbocycles. The highest BCUT2D eigenvalue weighted by Gasteiger charge is 2.37. The van der Waals surface area contributed by atoms with Crippen LogP contribution in [-0.2, 0) is 0 Å². The lowest BCUT2D eigenvalue weighted by molar-refractivity contribution is 0.920. The van der Waals surface area contributed by atoms with Crippen LogP contribution in [0.2, 0.25) is 0 Å². The van der Waals surface area contributed by atoms with E-state index >= 15 is 0 Å². The number of fused-ring (bicyclic) bond motifs is 1. The van der Waals surface area contributed by atoms with E-state index in [0.29, 0.717) is 12.0 Å². The van der Waals surface area contributed by atoms with Gasteiger partial charge in [-0.25, -0.2) is 4.98 Å². The predicted molar refractivity (Wildman–Crippen MR) is 48.3 cm³/mol. The Balaban J connectivity index is 2.19. The maximum absolute atomic E-state index is 5.79. The van der Waals surface area contributed by atoms with E-state index in [-0.39, 0.29) is 0 Å². The fraction of sp³-hybridized carbons (Fsp3) is 0.333. The van der Waals surface area contributed by atoms with Crippen molar-refractivity contribution in [1.29, 1.82) is 0 Å². The standard InChI is InChI=1S/C9H10N4/c10-7-3-6(7)8-4-12-9-5-11-1-2-13(8)9/h1-2,4-7H,3,10H2. The second-order valence-corrected chi connectivity index (χ2v) is 3.49. The first-order valence-electron chi connectivity index (χ1n) is 4.39. The Labute approximate surface area is 75.4 Å². The molecule has 0 saturated heterocycles. The molecule has 0 spiro atoms. The highest BCUT2D eigenvalue weighted by Crippen LogP contribution is 2.38. The van der Waals surface area contributed by atoms with Crippen molar-refractivity contribution in [2.75, 3.05) is 0 Å². The van der Waals surface area contributed by atoms with Crippen molar-refractivity contribution in [3.63, 3.8) is 0 Å². The van der Waals surface area contributed by atoms with Gasteiger partial charge in [-0.15, -0.1) is 0 Å². The molecule has 2 heterocycles. The quantitative estimate of drug-likeness (QED) is 0.686. The van der Waals surface area contributed by atoms with Crippen LogP contribution in [0.25, 0.3) is 5.65 Å². The third kappa shape index (κ3) is 0.954. The summed E-state index contributed by atoms with van der Waals surface area (Å²) in [5.41, 5.74) is 7.90. The van der Waals surface area contributed by atoms with Crippen LogP contribution in [0.1, 0.15) is 18.0 Å². The molecule has 1 aliphatic carbocycles. The van der Waals surface area contributed by atoms with Crippen LogP contribution in [0, 0.1) is 0 Å². The molecule has 0 amide bonds. The van der Waals surface area contributed by atoms with E-state index in [2.05, 4.69) is 14.4 Å². The Kier molecular flexibility index (Phi) is 1.24. The third-order valence-corrected chi connectivity index (χ3v) is 2.57. The van der Waals surface area contributed by atoms with Gasteiger partial charge in [0.1, 0.15) is 0 Å². The molecule has 0 radical (unpaired) electrons. The van der Waals surface area contributed by atoms with E-state index in [9.17, 15) is 0 Å². The molecule has 2 atom stereocenters. The highest BCUT2D eigenvalue weighted by atomic mass is 15.0. The zero-order valence-corrected chi connectivity index (χ0v) is 7.09. The van der Waals surface area contributed by atoms with Crippen LogP contribution >= 0.6 is 0 Å². The molecule has 1 aliphatic rings. The van der Waals surface area contributed by atoms with Crippen molar-refractivity contribution in [3.05, 3.63) is 30.5 Å². The Morgan fingerprint density at radius 2 is 2.31 bits per heavy atom. The smallest absolute Gasteiger partial charge is 0.155 e. The summed E-state index contributed by atoms with van der Waals surface area (Å²) >= 11 is 0. The Hall–Kier alpha value is -1.42. The Morgan fingerprint density at radius 1 is 1.46 bits per heavy atom. The molecule has 0 aliphatic heterocycles. The number of aromatic nitrogens is 3. The van der Waals surface area contributed by atoms with Crippen LogP contribution in [0.3, 0.4) is 0 Å². The van der Waals surface area contributed by atoms with Crippen molar-refractivity contribution in [3.8, 4) is 0 Å². The van der Waals surface area contributed by atoms with E-state index < -0.39 is 0 Å². The maximum atomic E-state index is 5.79. The Morgan fingerprint density at radius 3 is 3.08 bits per heavy atom. The monoisotopic (exact) mass is 174 g/mol. The third-order valence-electron chi connectivity index (χ3n) is 2.57. The molecule has 0 aromatic carbocycles. The number of rotatable bonds is 1. The van der Waals surface area contributed by atoms with E-state index in [4.69, 9.17) is 5.73 Å².